The van der Waals surface area contributed by atoms with Gasteiger partial charge >= 0.3 is 0 Å². The minimum absolute atomic E-state index is 0. The van der Waals surface area contributed by atoms with Gasteiger partial charge in [-0.25, -0.2) is 0 Å². The summed E-state index contributed by atoms with van der Waals surface area (Å²) in [7, 11) is 0. The SMILES string of the molecule is Cl.[O-][n+]1cc(OCc2cccc(Cl)c2)nc(N2CCNCC2)c1. The van der Waals surface area contributed by atoms with Crippen molar-refractivity contribution in [3.63, 3.8) is 0 Å². The fraction of sp³-hybridized carbons (Fsp3) is 0.333. The van der Waals surface area contributed by atoms with Gasteiger partial charge in [0.2, 0.25) is 12.4 Å². The molecule has 124 valence electrons. The maximum Gasteiger partial charge on any atom is 0.283 e. The molecule has 6 nitrogen and oxygen atoms in total. The van der Waals surface area contributed by atoms with Gasteiger partial charge in [0.25, 0.3) is 5.88 Å². The number of aromatic nitrogens is 2. The molecule has 2 aromatic rings. The predicted molar refractivity (Wildman–Crippen MR) is 91.3 cm³/mol. The molecule has 0 saturated carbocycles. The molecule has 0 amide bonds. The van der Waals surface area contributed by atoms with Gasteiger partial charge in [0.15, 0.2) is 5.82 Å². The molecule has 1 aliphatic heterocycles. The first-order chi connectivity index (χ1) is 10.7. The molecule has 1 saturated heterocycles. The first-order valence-corrected chi connectivity index (χ1v) is 7.52. The van der Waals surface area contributed by atoms with Crippen molar-refractivity contribution in [2.45, 2.75) is 6.61 Å². The Labute approximate surface area is 146 Å². The maximum absolute atomic E-state index is 11.8. The standard InChI is InChI=1S/C15H17ClN4O2.ClH/c16-13-3-1-2-12(8-13)11-22-15-10-20(21)9-14(18-15)19-6-4-17-5-7-19;/h1-3,8-10,17H,4-7,11H2;1H. The van der Waals surface area contributed by atoms with E-state index in [2.05, 4.69) is 15.2 Å². The second kappa shape index (κ2) is 8.19. The largest absolute Gasteiger partial charge is 0.618 e. The van der Waals surface area contributed by atoms with Crippen LogP contribution in [0.25, 0.3) is 0 Å². The molecule has 0 unspecified atom stereocenters. The number of halogens is 2. The molecule has 23 heavy (non-hydrogen) atoms. The summed E-state index contributed by atoms with van der Waals surface area (Å²) >= 11 is 5.94. The average Bonchev–Trinajstić information content (AvgIpc) is 2.53. The van der Waals surface area contributed by atoms with E-state index < -0.39 is 0 Å². The van der Waals surface area contributed by atoms with Gasteiger partial charge in [0.05, 0.1) is 0 Å². The Morgan fingerprint density at radius 1 is 1.30 bits per heavy atom. The predicted octanol–water partition coefficient (Wildman–Crippen LogP) is 1.78. The Kier molecular flexibility index (Phi) is 6.27. The van der Waals surface area contributed by atoms with Crippen LogP contribution < -0.4 is 19.7 Å². The third kappa shape index (κ3) is 4.86. The van der Waals surface area contributed by atoms with Gasteiger partial charge in [-0.15, -0.1) is 12.4 Å². The number of nitrogens with zero attached hydrogens (tertiary/aromatic N) is 3. The number of anilines is 1. The van der Waals surface area contributed by atoms with Crippen LogP contribution in [-0.2, 0) is 6.61 Å². The van der Waals surface area contributed by atoms with Crippen LogP contribution in [0.5, 0.6) is 5.88 Å². The molecular formula is C15H18Cl2N4O2. The molecule has 1 aromatic heterocycles. The summed E-state index contributed by atoms with van der Waals surface area (Å²) in [5, 5.41) is 15.7. The van der Waals surface area contributed by atoms with Gasteiger partial charge in [-0.05, 0) is 17.7 Å². The highest BCUT2D eigenvalue weighted by atomic mass is 35.5. The number of rotatable bonds is 4. The lowest BCUT2D eigenvalue weighted by atomic mass is 10.2. The Balaban J connectivity index is 0.00000192. The zero-order valence-corrected chi connectivity index (χ0v) is 14.0. The van der Waals surface area contributed by atoms with Gasteiger partial charge in [0.1, 0.15) is 6.61 Å². The summed E-state index contributed by atoms with van der Waals surface area (Å²) in [6.45, 7) is 3.73. The van der Waals surface area contributed by atoms with E-state index in [1.54, 1.807) is 6.07 Å². The van der Waals surface area contributed by atoms with Crippen LogP contribution in [-0.4, -0.2) is 31.2 Å². The minimum atomic E-state index is 0. The average molecular weight is 357 g/mol. The molecule has 8 heteroatoms. The van der Waals surface area contributed by atoms with Crippen LogP contribution in [0.3, 0.4) is 0 Å². The zero-order chi connectivity index (χ0) is 15.4. The lowest BCUT2D eigenvalue weighted by Gasteiger charge is -2.27. The number of nitrogens with one attached hydrogen (secondary N) is 1. The maximum atomic E-state index is 11.8. The first kappa shape index (κ1) is 17.6. The summed E-state index contributed by atoms with van der Waals surface area (Å²) in [4.78, 5) is 6.48. The molecule has 3 rings (SSSR count). The molecule has 0 radical (unpaired) electrons. The van der Waals surface area contributed by atoms with Crippen molar-refractivity contribution in [1.29, 1.82) is 0 Å². The third-order valence-electron chi connectivity index (χ3n) is 3.42. The van der Waals surface area contributed by atoms with Gasteiger partial charge in [-0.2, -0.15) is 9.71 Å². The van der Waals surface area contributed by atoms with E-state index in [9.17, 15) is 5.21 Å². The van der Waals surface area contributed by atoms with Crippen molar-refractivity contribution in [2.24, 2.45) is 0 Å². The molecule has 1 aromatic carbocycles. The van der Waals surface area contributed by atoms with E-state index in [1.807, 2.05) is 18.2 Å². The van der Waals surface area contributed by atoms with Crippen LogP contribution in [0.2, 0.25) is 5.02 Å². The highest BCUT2D eigenvalue weighted by Gasteiger charge is 2.16. The fourth-order valence-corrected chi connectivity index (χ4v) is 2.54. The second-order valence-corrected chi connectivity index (χ2v) is 5.52. The van der Waals surface area contributed by atoms with Crippen molar-refractivity contribution < 1.29 is 9.47 Å². The Bertz CT molecular complexity index is 651. The van der Waals surface area contributed by atoms with Crippen molar-refractivity contribution in [3.8, 4) is 5.88 Å². The van der Waals surface area contributed by atoms with Crippen molar-refractivity contribution in [3.05, 3.63) is 52.5 Å². The number of ether oxygens (including phenoxy) is 1. The van der Waals surface area contributed by atoms with Crippen molar-refractivity contribution in [1.82, 2.24) is 10.3 Å². The zero-order valence-electron chi connectivity index (χ0n) is 12.4. The van der Waals surface area contributed by atoms with Crippen LogP contribution >= 0.6 is 24.0 Å². The number of hydrogen-bond acceptors (Lipinski definition) is 5. The van der Waals surface area contributed by atoms with Gasteiger partial charge < -0.3 is 20.2 Å². The summed E-state index contributed by atoms with van der Waals surface area (Å²) in [5.74, 6) is 0.950. The lowest BCUT2D eigenvalue weighted by Crippen LogP contribution is -2.44. The van der Waals surface area contributed by atoms with E-state index in [0.717, 1.165) is 36.5 Å². The van der Waals surface area contributed by atoms with E-state index in [0.29, 0.717) is 23.3 Å². The third-order valence-corrected chi connectivity index (χ3v) is 3.66. The quantitative estimate of drug-likeness (QED) is 0.668. The highest BCUT2D eigenvalue weighted by molar-refractivity contribution is 6.30. The number of hydrogen-bond donors (Lipinski definition) is 1. The van der Waals surface area contributed by atoms with Crippen LogP contribution in [0, 0.1) is 5.21 Å². The van der Waals surface area contributed by atoms with Gasteiger partial charge in [0, 0.05) is 31.2 Å². The number of benzene rings is 1. The van der Waals surface area contributed by atoms with Crippen molar-refractivity contribution >= 4 is 29.8 Å². The molecule has 0 spiro atoms. The Hall–Kier alpha value is -1.76. The van der Waals surface area contributed by atoms with E-state index >= 15 is 0 Å². The fourth-order valence-electron chi connectivity index (χ4n) is 2.33. The first-order valence-electron chi connectivity index (χ1n) is 7.14. The Morgan fingerprint density at radius 3 is 2.83 bits per heavy atom. The molecule has 0 bridgehead atoms. The smallest absolute Gasteiger partial charge is 0.283 e. The monoisotopic (exact) mass is 356 g/mol. The molecule has 0 aliphatic carbocycles. The summed E-state index contributed by atoms with van der Waals surface area (Å²) in [6, 6.07) is 7.41. The van der Waals surface area contributed by atoms with E-state index in [-0.39, 0.29) is 12.4 Å². The normalized spacial score (nSPS) is 14.2. The minimum Gasteiger partial charge on any atom is -0.618 e. The number of piperazine rings is 1. The molecular weight excluding hydrogens is 339 g/mol. The van der Waals surface area contributed by atoms with Gasteiger partial charge in [-0.1, -0.05) is 23.7 Å². The second-order valence-electron chi connectivity index (χ2n) is 5.08. The highest BCUT2D eigenvalue weighted by Crippen LogP contribution is 2.16. The summed E-state index contributed by atoms with van der Waals surface area (Å²) in [5.41, 5.74) is 0.930. The van der Waals surface area contributed by atoms with Crippen LogP contribution in [0.4, 0.5) is 5.82 Å². The van der Waals surface area contributed by atoms with Gasteiger partial charge in [-0.3, -0.25) is 0 Å². The molecule has 1 aliphatic rings. The topological polar surface area (TPSA) is 64.3 Å². The molecule has 1 fully saturated rings. The Morgan fingerprint density at radius 2 is 2.09 bits per heavy atom. The summed E-state index contributed by atoms with van der Waals surface area (Å²) in [6.07, 6.45) is 2.80. The lowest BCUT2D eigenvalue weighted by molar-refractivity contribution is -0.605. The van der Waals surface area contributed by atoms with Crippen molar-refractivity contribution in [2.75, 3.05) is 31.1 Å². The van der Waals surface area contributed by atoms with E-state index in [4.69, 9.17) is 16.3 Å². The molecule has 1 N–H and O–H groups in total. The molecule has 2 heterocycles. The van der Waals surface area contributed by atoms with Crippen LogP contribution in [0.1, 0.15) is 5.56 Å². The molecule has 0 atom stereocenters. The van der Waals surface area contributed by atoms with Crippen LogP contribution in [0.15, 0.2) is 36.7 Å². The van der Waals surface area contributed by atoms with E-state index in [1.165, 1.54) is 12.4 Å². The summed E-state index contributed by atoms with van der Waals surface area (Å²) < 4.78 is 6.36.